The van der Waals surface area contributed by atoms with Gasteiger partial charge in [-0.25, -0.2) is 4.79 Å². The van der Waals surface area contributed by atoms with Crippen molar-refractivity contribution in [1.82, 2.24) is 5.32 Å². The molecule has 2 amide bonds. The number of nitrogens with zero attached hydrogens (tertiary/aromatic N) is 1. The number of urea groups is 1. The Labute approximate surface area is 129 Å². The third kappa shape index (κ3) is 4.07. The highest BCUT2D eigenvalue weighted by molar-refractivity contribution is 5.72. The van der Waals surface area contributed by atoms with Crippen molar-refractivity contribution in [2.45, 2.75) is 45.1 Å². The number of primary amides is 1. The van der Waals surface area contributed by atoms with Crippen LogP contribution in [0.1, 0.15) is 43.7 Å². The van der Waals surface area contributed by atoms with Gasteiger partial charge in [-0.05, 0) is 62.3 Å². The summed E-state index contributed by atoms with van der Waals surface area (Å²) in [5, 5.41) is 13.8. The largest absolute Gasteiger partial charge is 0.352 e. The van der Waals surface area contributed by atoms with Gasteiger partial charge in [-0.1, -0.05) is 6.08 Å². The summed E-state index contributed by atoms with van der Waals surface area (Å²) < 4.78 is 0. The van der Waals surface area contributed by atoms with Crippen molar-refractivity contribution >= 4 is 17.3 Å². The molecule has 0 aromatic heterocycles. The van der Waals surface area contributed by atoms with Gasteiger partial charge in [0.25, 0.3) is 5.69 Å². The van der Waals surface area contributed by atoms with E-state index in [2.05, 4.69) is 11.4 Å². The summed E-state index contributed by atoms with van der Waals surface area (Å²) in [5.74, 6) is 0. The Morgan fingerprint density at radius 3 is 2.86 bits per heavy atom. The van der Waals surface area contributed by atoms with Crippen molar-refractivity contribution in [3.05, 3.63) is 45.5 Å². The van der Waals surface area contributed by atoms with Crippen LogP contribution in [0, 0.1) is 10.1 Å². The van der Waals surface area contributed by atoms with Gasteiger partial charge >= 0.3 is 6.03 Å². The standard InChI is InChI=1S/C16H21N3O3/c1-11(18-16(17)20)6-7-14-10-13(12-4-2-3-5-12)8-9-15(14)19(21)22/h4,8-11H,2-3,5-7H2,1H3,(H3,17,18,20). The number of carbonyl (C=O) groups is 1. The van der Waals surface area contributed by atoms with E-state index in [1.807, 2.05) is 19.1 Å². The third-order valence-electron chi connectivity index (χ3n) is 3.92. The summed E-state index contributed by atoms with van der Waals surface area (Å²) in [7, 11) is 0. The van der Waals surface area contributed by atoms with Gasteiger partial charge in [-0.3, -0.25) is 10.1 Å². The number of rotatable bonds is 6. The summed E-state index contributed by atoms with van der Waals surface area (Å²) in [5.41, 5.74) is 8.24. The molecular formula is C16H21N3O3. The number of benzene rings is 1. The first-order valence-corrected chi connectivity index (χ1v) is 7.50. The Hall–Kier alpha value is -2.37. The number of allylic oxidation sites excluding steroid dienone is 2. The van der Waals surface area contributed by atoms with E-state index in [0.717, 1.165) is 24.8 Å². The molecule has 0 radical (unpaired) electrons. The number of carbonyl (C=O) groups excluding carboxylic acids is 1. The second-order valence-corrected chi connectivity index (χ2v) is 5.67. The summed E-state index contributed by atoms with van der Waals surface area (Å²) in [6.45, 7) is 1.83. The second kappa shape index (κ2) is 7.06. The molecule has 6 heteroatoms. The summed E-state index contributed by atoms with van der Waals surface area (Å²) >= 11 is 0. The van der Waals surface area contributed by atoms with E-state index in [1.165, 1.54) is 5.57 Å². The summed E-state index contributed by atoms with van der Waals surface area (Å²) in [4.78, 5) is 21.6. The highest BCUT2D eigenvalue weighted by atomic mass is 16.6. The molecule has 0 fully saturated rings. The first-order valence-electron chi connectivity index (χ1n) is 7.50. The maximum absolute atomic E-state index is 11.2. The Balaban J connectivity index is 2.17. The number of nitrogens with two attached hydrogens (primary N) is 1. The predicted molar refractivity (Wildman–Crippen MR) is 85.4 cm³/mol. The zero-order valence-electron chi connectivity index (χ0n) is 12.7. The lowest BCUT2D eigenvalue weighted by molar-refractivity contribution is -0.385. The lowest BCUT2D eigenvalue weighted by atomic mass is 9.98. The minimum atomic E-state index is -0.577. The van der Waals surface area contributed by atoms with Crippen LogP contribution in [0.3, 0.4) is 0 Å². The molecule has 22 heavy (non-hydrogen) atoms. The average molecular weight is 303 g/mol. The summed E-state index contributed by atoms with van der Waals surface area (Å²) in [6.07, 6.45) is 6.56. The highest BCUT2D eigenvalue weighted by Crippen LogP contribution is 2.31. The SMILES string of the molecule is CC(CCc1cc(C2=CCCC2)ccc1[N+](=O)[O-])NC(N)=O. The van der Waals surface area contributed by atoms with Gasteiger partial charge in [-0.2, -0.15) is 0 Å². The smallest absolute Gasteiger partial charge is 0.312 e. The van der Waals surface area contributed by atoms with E-state index >= 15 is 0 Å². The molecule has 0 saturated heterocycles. The molecule has 0 heterocycles. The first kappa shape index (κ1) is 16.0. The van der Waals surface area contributed by atoms with E-state index < -0.39 is 6.03 Å². The Kier molecular flexibility index (Phi) is 5.14. The number of aryl methyl sites for hydroxylation is 1. The molecule has 1 aromatic carbocycles. The molecule has 2 rings (SSSR count). The Morgan fingerprint density at radius 2 is 2.27 bits per heavy atom. The maximum Gasteiger partial charge on any atom is 0.312 e. The summed E-state index contributed by atoms with van der Waals surface area (Å²) in [6, 6.07) is 4.62. The molecule has 6 nitrogen and oxygen atoms in total. The molecule has 118 valence electrons. The van der Waals surface area contributed by atoms with Crippen molar-refractivity contribution in [3.8, 4) is 0 Å². The highest BCUT2D eigenvalue weighted by Gasteiger charge is 2.17. The van der Waals surface area contributed by atoms with Crippen molar-refractivity contribution in [2.75, 3.05) is 0 Å². The van der Waals surface area contributed by atoms with E-state index in [9.17, 15) is 14.9 Å². The molecule has 0 bridgehead atoms. The average Bonchev–Trinajstić information content (AvgIpc) is 2.98. The van der Waals surface area contributed by atoms with Crippen molar-refractivity contribution in [3.63, 3.8) is 0 Å². The number of amides is 2. The van der Waals surface area contributed by atoms with Crippen LogP contribution < -0.4 is 11.1 Å². The Bertz CT molecular complexity index is 611. The van der Waals surface area contributed by atoms with Crippen molar-refractivity contribution in [2.24, 2.45) is 5.73 Å². The zero-order chi connectivity index (χ0) is 16.1. The number of hydrogen-bond donors (Lipinski definition) is 2. The van der Waals surface area contributed by atoms with Crippen LogP contribution in [0.25, 0.3) is 5.57 Å². The molecule has 3 N–H and O–H groups in total. The topological polar surface area (TPSA) is 98.3 Å². The fourth-order valence-corrected chi connectivity index (χ4v) is 2.78. The minimum Gasteiger partial charge on any atom is -0.352 e. The molecule has 0 spiro atoms. The molecule has 1 aliphatic carbocycles. The van der Waals surface area contributed by atoms with Crippen LogP contribution in [0.5, 0.6) is 0 Å². The van der Waals surface area contributed by atoms with Crippen LogP contribution in [-0.4, -0.2) is 17.0 Å². The molecule has 1 aliphatic rings. The van der Waals surface area contributed by atoms with Crippen LogP contribution in [0.4, 0.5) is 10.5 Å². The number of nitrogens with one attached hydrogen (secondary N) is 1. The van der Waals surface area contributed by atoms with E-state index in [4.69, 9.17) is 5.73 Å². The van der Waals surface area contributed by atoms with Gasteiger partial charge in [0, 0.05) is 17.7 Å². The lowest BCUT2D eigenvalue weighted by Gasteiger charge is -2.13. The van der Waals surface area contributed by atoms with Gasteiger partial charge in [0.05, 0.1) is 4.92 Å². The van der Waals surface area contributed by atoms with Crippen LogP contribution in [-0.2, 0) is 6.42 Å². The fourth-order valence-electron chi connectivity index (χ4n) is 2.78. The molecule has 0 saturated carbocycles. The van der Waals surface area contributed by atoms with Gasteiger partial charge < -0.3 is 11.1 Å². The van der Waals surface area contributed by atoms with Crippen LogP contribution >= 0.6 is 0 Å². The quantitative estimate of drug-likeness (QED) is 0.623. The first-order chi connectivity index (χ1) is 10.5. The zero-order valence-corrected chi connectivity index (χ0v) is 12.7. The minimum absolute atomic E-state index is 0.119. The van der Waals surface area contributed by atoms with Crippen molar-refractivity contribution < 1.29 is 9.72 Å². The molecular weight excluding hydrogens is 282 g/mol. The molecule has 1 aromatic rings. The monoisotopic (exact) mass is 303 g/mol. The number of nitro benzene ring substituents is 1. The number of nitro groups is 1. The lowest BCUT2D eigenvalue weighted by Crippen LogP contribution is -2.36. The van der Waals surface area contributed by atoms with Gasteiger partial charge in [0.2, 0.25) is 0 Å². The molecule has 1 unspecified atom stereocenters. The predicted octanol–water partition coefficient (Wildman–Crippen LogP) is 3.15. The van der Waals surface area contributed by atoms with Gasteiger partial charge in [0.15, 0.2) is 0 Å². The van der Waals surface area contributed by atoms with E-state index in [1.54, 1.807) is 6.07 Å². The van der Waals surface area contributed by atoms with Gasteiger partial charge in [-0.15, -0.1) is 0 Å². The van der Waals surface area contributed by atoms with E-state index in [0.29, 0.717) is 18.4 Å². The maximum atomic E-state index is 11.2. The van der Waals surface area contributed by atoms with Crippen molar-refractivity contribution in [1.29, 1.82) is 0 Å². The van der Waals surface area contributed by atoms with E-state index in [-0.39, 0.29) is 16.7 Å². The van der Waals surface area contributed by atoms with Crippen LogP contribution in [0.15, 0.2) is 24.3 Å². The third-order valence-corrected chi connectivity index (χ3v) is 3.92. The normalized spacial score (nSPS) is 15.2. The number of hydrogen-bond acceptors (Lipinski definition) is 3. The molecule has 1 atom stereocenters. The van der Waals surface area contributed by atoms with Gasteiger partial charge in [0.1, 0.15) is 0 Å². The molecule has 0 aliphatic heterocycles. The fraction of sp³-hybridized carbons (Fsp3) is 0.438. The Morgan fingerprint density at radius 1 is 1.50 bits per heavy atom. The second-order valence-electron chi connectivity index (χ2n) is 5.67. The van der Waals surface area contributed by atoms with Crippen LogP contribution in [0.2, 0.25) is 0 Å².